The number of hydrogen-bond acceptors (Lipinski definition) is 7. The average Bonchev–Trinajstić information content (AvgIpc) is 2.93. The van der Waals surface area contributed by atoms with E-state index >= 15 is 0 Å². The Bertz CT molecular complexity index is 665. The van der Waals surface area contributed by atoms with Crippen LogP contribution in [0.1, 0.15) is 6.92 Å². The molecule has 1 N–H and O–H groups in total. The van der Waals surface area contributed by atoms with Crippen molar-refractivity contribution in [3.63, 3.8) is 0 Å². The maximum atomic E-state index is 12.0. The van der Waals surface area contributed by atoms with Gasteiger partial charge in [-0.15, -0.1) is 10.2 Å². The van der Waals surface area contributed by atoms with Gasteiger partial charge in [0.25, 0.3) is 5.69 Å². The van der Waals surface area contributed by atoms with E-state index in [-0.39, 0.29) is 16.6 Å². The molecule has 1 heterocycles. The third-order valence-corrected chi connectivity index (χ3v) is 4.63. The number of nitro benzene ring substituents is 1. The summed E-state index contributed by atoms with van der Waals surface area (Å²) >= 11 is 8.53. The third kappa shape index (κ3) is 4.13. The summed E-state index contributed by atoms with van der Waals surface area (Å²) in [4.78, 5) is 22.1. The standard InChI is InChI=1S/C11H9ClN4O3S2/c1-6(21-11-15-13-5-20-11)10(17)14-9-3-2-7(16(18)19)4-8(9)12/h2-6H,1H3,(H,14,17)/t6-/m0/s1. The van der Waals surface area contributed by atoms with Crippen molar-refractivity contribution in [3.8, 4) is 0 Å². The Morgan fingerprint density at radius 2 is 2.33 bits per heavy atom. The molecule has 110 valence electrons. The minimum Gasteiger partial charge on any atom is -0.324 e. The molecule has 1 aromatic carbocycles. The molecule has 0 unspecified atom stereocenters. The van der Waals surface area contributed by atoms with E-state index in [2.05, 4.69) is 15.5 Å². The highest BCUT2D eigenvalue weighted by atomic mass is 35.5. The largest absolute Gasteiger partial charge is 0.324 e. The predicted octanol–water partition coefficient (Wildman–Crippen LogP) is 3.22. The van der Waals surface area contributed by atoms with Crippen LogP contribution < -0.4 is 5.32 Å². The van der Waals surface area contributed by atoms with Crippen molar-refractivity contribution in [1.82, 2.24) is 10.2 Å². The van der Waals surface area contributed by atoms with Gasteiger partial charge in [-0.3, -0.25) is 14.9 Å². The Balaban J connectivity index is 2.03. The van der Waals surface area contributed by atoms with Gasteiger partial charge in [-0.05, 0) is 13.0 Å². The Kier molecular flexibility index (Phi) is 5.10. The maximum absolute atomic E-state index is 12.0. The summed E-state index contributed by atoms with van der Waals surface area (Å²) in [7, 11) is 0. The second-order valence-corrected chi connectivity index (χ2v) is 6.70. The zero-order chi connectivity index (χ0) is 15.4. The fraction of sp³-hybridized carbons (Fsp3) is 0.182. The molecule has 10 heteroatoms. The summed E-state index contributed by atoms with van der Waals surface area (Å²) in [6, 6.07) is 3.88. The number of non-ortho nitro benzene ring substituents is 1. The van der Waals surface area contributed by atoms with Crippen LogP contribution in [-0.4, -0.2) is 26.3 Å². The summed E-state index contributed by atoms with van der Waals surface area (Å²) < 4.78 is 0.687. The molecule has 0 saturated carbocycles. The molecule has 0 aliphatic rings. The van der Waals surface area contributed by atoms with Gasteiger partial charge in [-0.1, -0.05) is 34.7 Å². The van der Waals surface area contributed by atoms with Crippen molar-refractivity contribution in [1.29, 1.82) is 0 Å². The SMILES string of the molecule is C[C@H](Sc1nncs1)C(=O)Nc1ccc([N+](=O)[O-])cc1Cl. The van der Waals surface area contributed by atoms with Crippen molar-refractivity contribution in [2.75, 3.05) is 5.32 Å². The van der Waals surface area contributed by atoms with Crippen molar-refractivity contribution >= 4 is 52.0 Å². The molecule has 0 aliphatic heterocycles. The minimum absolute atomic E-state index is 0.116. The molecular weight excluding hydrogens is 336 g/mol. The lowest BCUT2D eigenvalue weighted by Crippen LogP contribution is -2.22. The summed E-state index contributed by atoms with van der Waals surface area (Å²) in [5.41, 5.74) is 1.78. The van der Waals surface area contributed by atoms with Crippen LogP contribution in [0.3, 0.4) is 0 Å². The monoisotopic (exact) mass is 344 g/mol. The molecule has 0 bridgehead atoms. The first kappa shape index (κ1) is 15.7. The van der Waals surface area contributed by atoms with E-state index in [9.17, 15) is 14.9 Å². The summed E-state index contributed by atoms with van der Waals surface area (Å²) in [6.45, 7) is 1.72. The van der Waals surface area contributed by atoms with Crippen LogP contribution in [0.4, 0.5) is 11.4 Å². The maximum Gasteiger partial charge on any atom is 0.271 e. The van der Waals surface area contributed by atoms with Crippen molar-refractivity contribution in [2.45, 2.75) is 16.5 Å². The molecule has 0 saturated heterocycles. The third-order valence-electron chi connectivity index (χ3n) is 2.41. The quantitative estimate of drug-likeness (QED) is 0.508. The van der Waals surface area contributed by atoms with E-state index in [0.29, 0.717) is 10.0 Å². The Hall–Kier alpha value is -1.71. The second kappa shape index (κ2) is 6.83. The van der Waals surface area contributed by atoms with Crippen LogP contribution in [0, 0.1) is 10.1 Å². The van der Waals surface area contributed by atoms with Gasteiger partial charge >= 0.3 is 0 Å². The molecular formula is C11H9ClN4O3S2. The number of nitrogens with one attached hydrogen (secondary N) is 1. The van der Waals surface area contributed by atoms with Crippen LogP contribution in [0.15, 0.2) is 28.0 Å². The van der Waals surface area contributed by atoms with Crippen LogP contribution in [0.25, 0.3) is 0 Å². The normalized spacial score (nSPS) is 11.9. The zero-order valence-electron chi connectivity index (χ0n) is 10.6. The number of hydrogen-bond donors (Lipinski definition) is 1. The van der Waals surface area contributed by atoms with Gasteiger partial charge in [0.15, 0.2) is 4.34 Å². The highest BCUT2D eigenvalue weighted by molar-refractivity contribution is 8.02. The Morgan fingerprint density at radius 3 is 2.90 bits per heavy atom. The molecule has 0 spiro atoms. The fourth-order valence-electron chi connectivity index (χ4n) is 1.37. The van der Waals surface area contributed by atoms with Gasteiger partial charge in [0, 0.05) is 12.1 Å². The molecule has 1 amide bonds. The first-order valence-electron chi connectivity index (χ1n) is 5.65. The summed E-state index contributed by atoms with van der Waals surface area (Å²) in [6.07, 6.45) is 0. The van der Waals surface area contributed by atoms with Gasteiger partial charge in [0.1, 0.15) is 5.51 Å². The highest BCUT2D eigenvalue weighted by Gasteiger charge is 2.18. The molecule has 21 heavy (non-hydrogen) atoms. The number of rotatable bonds is 5. The van der Waals surface area contributed by atoms with Gasteiger partial charge in [-0.25, -0.2) is 0 Å². The summed E-state index contributed by atoms with van der Waals surface area (Å²) in [5.74, 6) is -0.272. The highest BCUT2D eigenvalue weighted by Crippen LogP contribution is 2.29. The van der Waals surface area contributed by atoms with Crippen molar-refractivity contribution in [3.05, 3.63) is 38.8 Å². The van der Waals surface area contributed by atoms with Crippen LogP contribution in [0.5, 0.6) is 0 Å². The first-order valence-corrected chi connectivity index (χ1v) is 7.78. The fourth-order valence-corrected chi connectivity index (χ4v) is 3.22. The number of nitrogens with zero attached hydrogens (tertiary/aromatic N) is 3. The van der Waals surface area contributed by atoms with E-state index in [4.69, 9.17) is 11.6 Å². The average molecular weight is 345 g/mol. The number of nitro groups is 1. The molecule has 0 radical (unpaired) electrons. The number of benzene rings is 1. The van der Waals surface area contributed by atoms with Crippen LogP contribution in [0.2, 0.25) is 5.02 Å². The molecule has 0 aliphatic carbocycles. The molecule has 1 aromatic heterocycles. The zero-order valence-corrected chi connectivity index (χ0v) is 13.0. The van der Waals surface area contributed by atoms with Crippen molar-refractivity contribution in [2.24, 2.45) is 0 Å². The minimum atomic E-state index is -0.550. The molecule has 2 rings (SSSR count). The number of halogens is 1. The molecule has 7 nitrogen and oxygen atoms in total. The van der Waals surface area contributed by atoms with E-state index < -0.39 is 10.2 Å². The number of carbonyl (C=O) groups excluding carboxylic acids is 1. The number of carbonyl (C=O) groups is 1. The van der Waals surface area contributed by atoms with Gasteiger partial charge < -0.3 is 5.32 Å². The Labute approximate surface area is 132 Å². The van der Waals surface area contributed by atoms with Crippen LogP contribution in [-0.2, 0) is 4.79 Å². The molecule has 2 aromatic rings. The molecule has 1 atom stereocenters. The first-order chi connectivity index (χ1) is 9.97. The van der Waals surface area contributed by atoms with Gasteiger partial charge in [0.05, 0.1) is 20.9 Å². The second-order valence-electron chi connectivity index (χ2n) is 3.88. The lowest BCUT2D eigenvalue weighted by atomic mass is 10.2. The van der Waals surface area contributed by atoms with E-state index in [0.717, 1.165) is 0 Å². The predicted molar refractivity (Wildman–Crippen MR) is 82.0 cm³/mol. The Morgan fingerprint density at radius 1 is 1.57 bits per heavy atom. The van der Waals surface area contributed by atoms with Gasteiger partial charge in [0.2, 0.25) is 5.91 Å². The smallest absolute Gasteiger partial charge is 0.271 e. The lowest BCUT2D eigenvalue weighted by molar-refractivity contribution is -0.384. The van der Waals surface area contributed by atoms with E-state index in [1.54, 1.807) is 12.4 Å². The van der Waals surface area contributed by atoms with E-state index in [1.807, 2.05) is 0 Å². The van der Waals surface area contributed by atoms with Crippen LogP contribution >= 0.6 is 34.7 Å². The number of anilines is 1. The molecule has 0 fully saturated rings. The number of amides is 1. The summed E-state index contributed by atoms with van der Waals surface area (Å²) in [5, 5.41) is 20.5. The lowest BCUT2D eigenvalue weighted by Gasteiger charge is -2.11. The number of aromatic nitrogens is 2. The van der Waals surface area contributed by atoms with Crippen molar-refractivity contribution < 1.29 is 9.72 Å². The van der Waals surface area contributed by atoms with E-state index in [1.165, 1.54) is 41.3 Å². The topological polar surface area (TPSA) is 98.0 Å². The van der Waals surface area contributed by atoms with Gasteiger partial charge in [-0.2, -0.15) is 0 Å². The number of thioether (sulfide) groups is 1.